The van der Waals surface area contributed by atoms with Crippen molar-refractivity contribution in [1.82, 2.24) is 0 Å². The summed E-state index contributed by atoms with van der Waals surface area (Å²) in [4.78, 5) is 12.5. The van der Waals surface area contributed by atoms with Gasteiger partial charge in [-0.05, 0) is 24.3 Å². The second-order valence-corrected chi connectivity index (χ2v) is 4.70. The number of hydrogen-bond acceptors (Lipinski definition) is 3. The molecule has 0 amide bonds. The van der Waals surface area contributed by atoms with Crippen molar-refractivity contribution in [3.8, 4) is 0 Å². The van der Waals surface area contributed by atoms with Crippen molar-refractivity contribution in [3.05, 3.63) is 63.1 Å². The lowest BCUT2D eigenvalue weighted by atomic mass is 10.2. The van der Waals surface area contributed by atoms with Gasteiger partial charge < -0.3 is 4.90 Å². The number of benzene rings is 2. The summed E-state index contributed by atoms with van der Waals surface area (Å²) >= 11 is 3.34. The third-order valence-corrected chi connectivity index (χ3v) is 3.13. The molecule has 0 aliphatic heterocycles. The molecule has 0 aliphatic rings. The third kappa shape index (κ3) is 2.51. The normalized spacial score (nSPS) is 10.1. The van der Waals surface area contributed by atoms with E-state index in [0.717, 1.165) is 10.2 Å². The molecule has 0 fully saturated rings. The van der Waals surface area contributed by atoms with Crippen LogP contribution in [0.2, 0.25) is 0 Å². The van der Waals surface area contributed by atoms with Gasteiger partial charge in [-0.2, -0.15) is 0 Å². The highest BCUT2D eigenvalue weighted by Crippen LogP contribution is 2.34. The summed E-state index contributed by atoms with van der Waals surface area (Å²) in [5.74, 6) is 0. The molecule has 0 radical (unpaired) electrons. The van der Waals surface area contributed by atoms with Gasteiger partial charge in [0, 0.05) is 23.3 Å². The Balaban J connectivity index is 2.50. The molecule has 0 heterocycles. The maximum atomic E-state index is 11.0. The molecule has 0 saturated heterocycles. The van der Waals surface area contributed by atoms with Gasteiger partial charge in [0.2, 0.25) is 0 Å². The van der Waals surface area contributed by atoms with Crippen LogP contribution in [0.25, 0.3) is 0 Å². The Morgan fingerprint density at radius 3 is 2.44 bits per heavy atom. The summed E-state index contributed by atoms with van der Waals surface area (Å²) in [5.41, 5.74) is 1.55. The Labute approximate surface area is 113 Å². The van der Waals surface area contributed by atoms with Crippen LogP contribution < -0.4 is 4.90 Å². The molecule has 92 valence electrons. The summed E-state index contributed by atoms with van der Waals surface area (Å²) in [5, 5.41) is 11.0. The van der Waals surface area contributed by atoms with Crippen molar-refractivity contribution in [2.75, 3.05) is 11.9 Å². The Hall–Kier alpha value is -1.88. The molecule has 0 aliphatic carbocycles. The zero-order valence-electron chi connectivity index (χ0n) is 9.71. The van der Waals surface area contributed by atoms with Crippen LogP contribution in [0.3, 0.4) is 0 Å². The molecule has 0 bridgehead atoms. The van der Waals surface area contributed by atoms with Gasteiger partial charge in [-0.3, -0.25) is 10.1 Å². The van der Waals surface area contributed by atoms with Gasteiger partial charge in [0.15, 0.2) is 0 Å². The van der Waals surface area contributed by atoms with E-state index in [-0.39, 0.29) is 10.6 Å². The van der Waals surface area contributed by atoms with Crippen molar-refractivity contribution in [2.24, 2.45) is 0 Å². The summed E-state index contributed by atoms with van der Waals surface area (Å²) in [7, 11) is 1.81. The smallest absolute Gasteiger partial charge is 0.292 e. The fourth-order valence-electron chi connectivity index (χ4n) is 1.71. The molecule has 0 aromatic heterocycles. The van der Waals surface area contributed by atoms with E-state index in [2.05, 4.69) is 15.9 Å². The first-order chi connectivity index (χ1) is 8.59. The van der Waals surface area contributed by atoms with E-state index in [0.29, 0.717) is 5.69 Å². The highest BCUT2D eigenvalue weighted by Gasteiger charge is 2.18. The number of nitro groups is 1. The second kappa shape index (κ2) is 5.18. The zero-order valence-corrected chi connectivity index (χ0v) is 11.3. The first kappa shape index (κ1) is 12.6. The predicted octanol–water partition coefficient (Wildman–Crippen LogP) is 4.13. The average molecular weight is 307 g/mol. The third-order valence-electron chi connectivity index (χ3n) is 2.64. The lowest BCUT2D eigenvalue weighted by Gasteiger charge is -2.19. The minimum absolute atomic E-state index is 0.0875. The quantitative estimate of drug-likeness (QED) is 0.633. The van der Waals surface area contributed by atoms with Crippen LogP contribution in [0, 0.1) is 10.1 Å². The van der Waals surface area contributed by atoms with E-state index in [1.807, 2.05) is 37.4 Å². The standard InChI is InChI=1S/C13H11BrN2O2/c1-15(11-5-3-2-4-6-11)13-9-10(14)7-8-12(13)16(17)18/h2-9H,1H3. The first-order valence-electron chi connectivity index (χ1n) is 5.32. The number of nitrogens with zero attached hydrogens (tertiary/aromatic N) is 2. The maximum Gasteiger partial charge on any atom is 0.292 e. The van der Waals surface area contributed by atoms with Gasteiger partial charge in [0.05, 0.1) is 4.92 Å². The van der Waals surface area contributed by atoms with Crippen LogP contribution in [0.4, 0.5) is 17.1 Å². The van der Waals surface area contributed by atoms with Crippen molar-refractivity contribution < 1.29 is 4.92 Å². The Morgan fingerprint density at radius 2 is 1.83 bits per heavy atom. The van der Waals surface area contributed by atoms with E-state index in [1.165, 1.54) is 6.07 Å². The van der Waals surface area contributed by atoms with Crippen LogP contribution in [0.15, 0.2) is 53.0 Å². The van der Waals surface area contributed by atoms with Crippen LogP contribution in [-0.2, 0) is 0 Å². The highest BCUT2D eigenvalue weighted by atomic mass is 79.9. The maximum absolute atomic E-state index is 11.0. The van der Waals surface area contributed by atoms with Crippen LogP contribution in [0.1, 0.15) is 0 Å². The molecule has 2 rings (SSSR count). The molecule has 0 unspecified atom stereocenters. The molecular weight excluding hydrogens is 296 g/mol. The van der Waals surface area contributed by atoms with Crippen molar-refractivity contribution in [1.29, 1.82) is 0 Å². The molecule has 0 spiro atoms. The van der Waals surface area contributed by atoms with E-state index in [4.69, 9.17) is 0 Å². The van der Waals surface area contributed by atoms with Gasteiger partial charge >= 0.3 is 0 Å². The lowest BCUT2D eigenvalue weighted by molar-refractivity contribution is -0.384. The zero-order chi connectivity index (χ0) is 13.1. The molecule has 5 heteroatoms. The van der Waals surface area contributed by atoms with E-state index >= 15 is 0 Å². The summed E-state index contributed by atoms with van der Waals surface area (Å²) in [6.45, 7) is 0. The summed E-state index contributed by atoms with van der Waals surface area (Å²) in [6, 6.07) is 14.4. The summed E-state index contributed by atoms with van der Waals surface area (Å²) in [6.07, 6.45) is 0. The van der Waals surface area contributed by atoms with Gasteiger partial charge in [-0.1, -0.05) is 34.1 Å². The first-order valence-corrected chi connectivity index (χ1v) is 6.11. The molecule has 0 saturated carbocycles. The molecule has 4 nitrogen and oxygen atoms in total. The minimum Gasteiger partial charge on any atom is -0.339 e. The van der Waals surface area contributed by atoms with Crippen LogP contribution in [0.5, 0.6) is 0 Å². The molecule has 2 aromatic carbocycles. The Bertz CT molecular complexity index is 572. The van der Waals surface area contributed by atoms with Gasteiger partial charge in [0.1, 0.15) is 5.69 Å². The summed E-state index contributed by atoms with van der Waals surface area (Å²) < 4.78 is 0.811. The molecular formula is C13H11BrN2O2. The SMILES string of the molecule is CN(c1ccccc1)c1cc(Br)ccc1[N+](=O)[O-]. The minimum atomic E-state index is -0.374. The highest BCUT2D eigenvalue weighted by molar-refractivity contribution is 9.10. The van der Waals surface area contributed by atoms with E-state index in [1.54, 1.807) is 17.0 Å². The molecule has 0 atom stereocenters. The average Bonchev–Trinajstić information content (AvgIpc) is 2.38. The lowest BCUT2D eigenvalue weighted by Crippen LogP contribution is -2.11. The number of nitro benzene ring substituents is 1. The Morgan fingerprint density at radius 1 is 1.17 bits per heavy atom. The topological polar surface area (TPSA) is 46.4 Å². The largest absolute Gasteiger partial charge is 0.339 e. The van der Waals surface area contributed by atoms with Crippen molar-refractivity contribution >= 4 is 33.0 Å². The van der Waals surface area contributed by atoms with E-state index < -0.39 is 0 Å². The van der Waals surface area contributed by atoms with Gasteiger partial charge in [-0.15, -0.1) is 0 Å². The molecule has 2 aromatic rings. The number of anilines is 2. The van der Waals surface area contributed by atoms with Gasteiger partial charge in [-0.25, -0.2) is 0 Å². The Kier molecular flexibility index (Phi) is 3.62. The fraction of sp³-hybridized carbons (Fsp3) is 0.0769. The van der Waals surface area contributed by atoms with Crippen molar-refractivity contribution in [2.45, 2.75) is 0 Å². The number of rotatable bonds is 3. The fourth-order valence-corrected chi connectivity index (χ4v) is 2.06. The van der Waals surface area contributed by atoms with Crippen LogP contribution >= 0.6 is 15.9 Å². The number of para-hydroxylation sites is 1. The molecule has 0 N–H and O–H groups in total. The molecule has 18 heavy (non-hydrogen) atoms. The van der Waals surface area contributed by atoms with E-state index in [9.17, 15) is 10.1 Å². The van der Waals surface area contributed by atoms with Crippen LogP contribution in [-0.4, -0.2) is 12.0 Å². The number of halogens is 1. The number of hydrogen-bond donors (Lipinski definition) is 0. The monoisotopic (exact) mass is 306 g/mol. The van der Waals surface area contributed by atoms with Crippen molar-refractivity contribution in [3.63, 3.8) is 0 Å². The second-order valence-electron chi connectivity index (χ2n) is 3.78. The predicted molar refractivity (Wildman–Crippen MR) is 75.3 cm³/mol. The van der Waals surface area contributed by atoms with Gasteiger partial charge in [0.25, 0.3) is 5.69 Å².